The molecule has 7 nitrogen and oxygen atoms in total. The van der Waals surface area contributed by atoms with Crippen molar-refractivity contribution in [3.05, 3.63) is 22.0 Å². The highest BCUT2D eigenvalue weighted by molar-refractivity contribution is 5.34. The van der Waals surface area contributed by atoms with Gasteiger partial charge in [0.25, 0.3) is 0 Å². The second kappa shape index (κ2) is 3.28. The fourth-order valence-corrected chi connectivity index (χ4v) is 0.799. The average molecular weight is 172 g/mol. The third-order valence-electron chi connectivity index (χ3n) is 1.41. The number of aromatic nitrogens is 2. The van der Waals surface area contributed by atoms with Gasteiger partial charge in [-0.05, 0) is 0 Å². The normalized spacial score (nSPS) is 12.8. The zero-order chi connectivity index (χ0) is 9.14. The lowest BCUT2D eigenvalue weighted by molar-refractivity contribution is -0.385. The summed E-state index contributed by atoms with van der Waals surface area (Å²) in [5.74, 6) is 0. The Kier molecular flexibility index (Phi) is 2.36. The molecule has 0 bridgehead atoms. The maximum absolute atomic E-state index is 10.3. The Morgan fingerprint density at radius 2 is 2.58 bits per heavy atom. The van der Waals surface area contributed by atoms with E-state index in [-0.39, 0.29) is 18.0 Å². The molecule has 0 saturated carbocycles. The SMILES string of the molecule is N[C@H](CO)c1[nH]ncc1[N+](=O)[O-]. The van der Waals surface area contributed by atoms with Crippen LogP contribution in [0.2, 0.25) is 0 Å². The molecule has 12 heavy (non-hydrogen) atoms. The van der Waals surface area contributed by atoms with Gasteiger partial charge in [0.15, 0.2) is 0 Å². The quantitative estimate of drug-likeness (QED) is 0.412. The highest BCUT2D eigenvalue weighted by Gasteiger charge is 2.20. The van der Waals surface area contributed by atoms with Gasteiger partial charge in [0, 0.05) is 0 Å². The molecule has 1 aromatic heterocycles. The van der Waals surface area contributed by atoms with Crippen molar-refractivity contribution in [3.63, 3.8) is 0 Å². The van der Waals surface area contributed by atoms with E-state index in [4.69, 9.17) is 10.8 Å². The zero-order valence-electron chi connectivity index (χ0n) is 6.10. The molecule has 0 unspecified atom stereocenters. The molecule has 1 heterocycles. The average Bonchev–Trinajstić information content (AvgIpc) is 2.50. The smallest absolute Gasteiger partial charge is 0.311 e. The van der Waals surface area contributed by atoms with E-state index in [1.807, 2.05) is 0 Å². The lowest BCUT2D eigenvalue weighted by Gasteiger charge is -2.02. The van der Waals surface area contributed by atoms with Crippen molar-refractivity contribution >= 4 is 5.69 Å². The predicted molar refractivity (Wildman–Crippen MR) is 39.3 cm³/mol. The van der Waals surface area contributed by atoms with Crippen molar-refractivity contribution in [2.75, 3.05) is 6.61 Å². The van der Waals surface area contributed by atoms with Gasteiger partial charge in [0.2, 0.25) is 0 Å². The van der Waals surface area contributed by atoms with E-state index < -0.39 is 11.0 Å². The summed E-state index contributed by atoms with van der Waals surface area (Å²) in [6.45, 7) is -0.358. The van der Waals surface area contributed by atoms with Gasteiger partial charge < -0.3 is 10.8 Å². The van der Waals surface area contributed by atoms with Crippen LogP contribution in [0, 0.1) is 10.1 Å². The molecule has 7 heteroatoms. The third kappa shape index (κ3) is 1.41. The fraction of sp³-hybridized carbons (Fsp3) is 0.400. The number of H-pyrrole nitrogens is 1. The first-order valence-corrected chi connectivity index (χ1v) is 3.21. The number of hydrogen-bond acceptors (Lipinski definition) is 5. The van der Waals surface area contributed by atoms with Crippen molar-refractivity contribution in [2.24, 2.45) is 5.73 Å². The van der Waals surface area contributed by atoms with Crippen LogP contribution in [0.4, 0.5) is 5.69 Å². The van der Waals surface area contributed by atoms with Gasteiger partial charge in [-0.3, -0.25) is 15.2 Å². The van der Waals surface area contributed by atoms with Crippen molar-refractivity contribution in [2.45, 2.75) is 6.04 Å². The first-order valence-electron chi connectivity index (χ1n) is 3.21. The summed E-state index contributed by atoms with van der Waals surface area (Å²) in [5.41, 5.74) is 5.30. The van der Waals surface area contributed by atoms with Crippen LogP contribution < -0.4 is 5.73 Å². The van der Waals surface area contributed by atoms with E-state index in [0.717, 1.165) is 6.20 Å². The largest absolute Gasteiger partial charge is 0.394 e. The lowest BCUT2D eigenvalue weighted by atomic mass is 10.2. The molecule has 0 aliphatic heterocycles. The van der Waals surface area contributed by atoms with E-state index in [0.29, 0.717) is 0 Å². The molecule has 4 N–H and O–H groups in total. The highest BCUT2D eigenvalue weighted by atomic mass is 16.6. The minimum Gasteiger partial charge on any atom is -0.394 e. The number of aromatic amines is 1. The van der Waals surface area contributed by atoms with Crippen molar-refractivity contribution in [1.29, 1.82) is 0 Å². The van der Waals surface area contributed by atoms with Crippen LogP contribution in [0.1, 0.15) is 11.7 Å². The third-order valence-corrected chi connectivity index (χ3v) is 1.41. The van der Waals surface area contributed by atoms with Gasteiger partial charge in [-0.1, -0.05) is 0 Å². The fourth-order valence-electron chi connectivity index (χ4n) is 0.799. The number of aliphatic hydroxyl groups excluding tert-OH is 1. The topological polar surface area (TPSA) is 118 Å². The molecule has 0 amide bonds. The minimum absolute atomic E-state index is 0.141. The molecule has 1 rings (SSSR count). The Morgan fingerprint density at radius 1 is 1.92 bits per heavy atom. The van der Waals surface area contributed by atoms with Crippen LogP contribution >= 0.6 is 0 Å². The predicted octanol–water partition coefficient (Wildman–Crippen LogP) is -0.690. The van der Waals surface area contributed by atoms with Crippen LogP contribution in [-0.4, -0.2) is 26.8 Å². The summed E-state index contributed by atoms with van der Waals surface area (Å²) in [7, 11) is 0. The molecule has 0 radical (unpaired) electrons. The summed E-state index contributed by atoms with van der Waals surface area (Å²) in [4.78, 5) is 9.71. The lowest BCUT2D eigenvalue weighted by Crippen LogP contribution is -2.16. The van der Waals surface area contributed by atoms with Crippen molar-refractivity contribution in [1.82, 2.24) is 10.2 Å². The first-order chi connectivity index (χ1) is 5.66. The molecule has 1 atom stereocenters. The van der Waals surface area contributed by atoms with Crippen LogP contribution in [0.5, 0.6) is 0 Å². The number of hydrogen-bond donors (Lipinski definition) is 3. The molecule has 66 valence electrons. The maximum Gasteiger partial charge on any atom is 0.311 e. The number of nitro groups is 1. The Morgan fingerprint density at radius 3 is 3.08 bits per heavy atom. The minimum atomic E-state index is -0.784. The Hall–Kier alpha value is -1.47. The van der Waals surface area contributed by atoms with Gasteiger partial charge in [-0.2, -0.15) is 5.10 Å². The number of rotatable bonds is 3. The van der Waals surface area contributed by atoms with E-state index >= 15 is 0 Å². The van der Waals surface area contributed by atoms with Crippen molar-refractivity contribution in [3.8, 4) is 0 Å². The molecule has 0 spiro atoms. The Labute approximate surface area is 67.3 Å². The maximum atomic E-state index is 10.3. The summed E-state index contributed by atoms with van der Waals surface area (Å²) in [6, 6.07) is -0.784. The monoisotopic (exact) mass is 172 g/mol. The first kappa shape index (κ1) is 8.62. The molecule has 0 aliphatic rings. The van der Waals surface area contributed by atoms with E-state index in [2.05, 4.69) is 10.2 Å². The van der Waals surface area contributed by atoms with Gasteiger partial charge in [0.05, 0.1) is 17.6 Å². The molecule has 0 aromatic carbocycles. The summed E-state index contributed by atoms with van der Waals surface area (Å²) in [6.07, 6.45) is 1.06. The number of nitrogens with two attached hydrogens (primary N) is 1. The van der Waals surface area contributed by atoms with Gasteiger partial charge in [0.1, 0.15) is 11.9 Å². The number of nitrogens with zero attached hydrogens (tertiary/aromatic N) is 2. The van der Waals surface area contributed by atoms with Gasteiger partial charge >= 0.3 is 5.69 Å². The van der Waals surface area contributed by atoms with Crippen LogP contribution in [-0.2, 0) is 0 Å². The molecule has 1 aromatic rings. The van der Waals surface area contributed by atoms with Crippen LogP contribution in [0.25, 0.3) is 0 Å². The molecule has 0 aliphatic carbocycles. The standard InChI is InChI=1S/C5H8N4O3/c6-3(2-10)5-4(9(11)12)1-7-8-5/h1,3,10H,2,6H2,(H,7,8)/t3-/m1/s1. The van der Waals surface area contributed by atoms with E-state index in [1.165, 1.54) is 0 Å². The van der Waals surface area contributed by atoms with Crippen molar-refractivity contribution < 1.29 is 10.0 Å². The zero-order valence-corrected chi connectivity index (χ0v) is 6.10. The Bertz CT molecular complexity index is 284. The molecular formula is C5H8N4O3. The van der Waals surface area contributed by atoms with E-state index in [1.54, 1.807) is 0 Å². The number of aliphatic hydroxyl groups is 1. The van der Waals surface area contributed by atoms with Gasteiger partial charge in [-0.15, -0.1) is 0 Å². The van der Waals surface area contributed by atoms with Crippen LogP contribution in [0.15, 0.2) is 6.20 Å². The second-order valence-corrected chi connectivity index (χ2v) is 2.22. The molecular weight excluding hydrogens is 164 g/mol. The highest BCUT2D eigenvalue weighted by Crippen LogP contribution is 2.19. The van der Waals surface area contributed by atoms with Crippen LogP contribution in [0.3, 0.4) is 0 Å². The summed E-state index contributed by atoms with van der Waals surface area (Å²) >= 11 is 0. The second-order valence-electron chi connectivity index (χ2n) is 2.22. The molecule has 0 saturated heterocycles. The Balaban J connectivity index is 2.98. The van der Waals surface area contributed by atoms with E-state index in [9.17, 15) is 10.1 Å². The summed E-state index contributed by atoms with van der Waals surface area (Å²) < 4.78 is 0. The summed E-state index contributed by atoms with van der Waals surface area (Å²) in [5, 5.41) is 24.7. The van der Waals surface area contributed by atoms with Gasteiger partial charge in [-0.25, -0.2) is 0 Å². The molecule has 0 fully saturated rings. The number of nitrogens with one attached hydrogen (secondary N) is 1.